The first kappa shape index (κ1) is 24.6. The van der Waals surface area contributed by atoms with Crippen molar-refractivity contribution in [1.29, 1.82) is 0 Å². The normalized spacial score (nSPS) is 11.3. The standard InChI is InChI=1S/C26H18F4N2O4/c27-22-6-3-16(11-21(22)26(28,29)30)10-18(33)9-15-1-4-19(5-2-15)36-20-7-8-31-24(13-20)23-12-17(14-32-23)25(34)35/h1-8,11-14,32H,9-10H2,(H,34,35). The van der Waals surface area contributed by atoms with Crippen molar-refractivity contribution in [2.45, 2.75) is 19.0 Å². The van der Waals surface area contributed by atoms with E-state index in [4.69, 9.17) is 9.84 Å². The molecule has 0 saturated heterocycles. The number of carboxylic acid groups (broad SMARTS) is 1. The molecule has 0 atom stereocenters. The number of Topliss-reactive ketones (excluding diaryl/α,β-unsaturated/α-hetero) is 1. The second kappa shape index (κ2) is 10.0. The van der Waals surface area contributed by atoms with Gasteiger partial charge in [0.25, 0.3) is 0 Å². The molecule has 0 unspecified atom stereocenters. The maximum absolute atomic E-state index is 13.4. The van der Waals surface area contributed by atoms with Crippen molar-refractivity contribution >= 4 is 11.8 Å². The van der Waals surface area contributed by atoms with Crippen molar-refractivity contribution in [1.82, 2.24) is 9.97 Å². The number of ketones is 1. The van der Waals surface area contributed by atoms with Crippen molar-refractivity contribution in [2.75, 3.05) is 0 Å². The van der Waals surface area contributed by atoms with Gasteiger partial charge in [-0.05, 0) is 47.5 Å². The van der Waals surface area contributed by atoms with Crippen LogP contribution in [0.15, 0.2) is 73.1 Å². The number of carboxylic acids is 1. The molecule has 0 bridgehead atoms. The van der Waals surface area contributed by atoms with Crippen LogP contribution in [-0.2, 0) is 23.8 Å². The van der Waals surface area contributed by atoms with E-state index in [-0.39, 0.29) is 29.8 Å². The molecule has 2 N–H and O–H groups in total. The number of pyridine rings is 1. The number of aromatic amines is 1. The Hall–Kier alpha value is -4.47. The van der Waals surface area contributed by atoms with Crippen molar-refractivity contribution in [3.05, 3.63) is 101 Å². The predicted octanol–water partition coefficient (Wildman–Crippen LogP) is 6.08. The lowest BCUT2D eigenvalue weighted by molar-refractivity contribution is -0.140. The summed E-state index contributed by atoms with van der Waals surface area (Å²) in [5, 5.41) is 9.05. The van der Waals surface area contributed by atoms with Crippen LogP contribution in [-0.4, -0.2) is 26.8 Å². The first-order valence-electron chi connectivity index (χ1n) is 10.6. The van der Waals surface area contributed by atoms with E-state index < -0.39 is 23.5 Å². The minimum atomic E-state index is -4.84. The fourth-order valence-electron chi connectivity index (χ4n) is 3.52. The van der Waals surface area contributed by atoms with Gasteiger partial charge in [-0.1, -0.05) is 18.2 Å². The molecule has 10 heteroatoms. The van der Waals surface area contributed by atoms with Gasteiger partial charge < -0.3 is 14.8 Å². The zero-order valence-electron chi connectivity index (χ0n) is 18.5. The predicted molar refractivity (Wildman–Crippen MR) is 121 cm³/mol. The number of rotatable bonds is 8. The van der Waals surface area contributed by atoms with Gasteiger partial charge in [-0.2, -0.15) is 13.2 Å². The van der Waals surface area contributed by atoms with Crippen LogP contribution in [0.5, 0.6) is 11.5 Å². The summed E-state index contributed by atoms with van der Waals surface area (Å²) in [5.41, 5.74) is 0.413. The van der Waals surface area contributed by atoms with E-state index in [1.807, 2.05) is 0 Å². The number of hydrogen-bond donors (Lipinski definition) is 2. The largest absolute Gasteiger partial charge is 0.478 e. The molecule has 0 spiro atoms. The molecule has 6 nitrogen and oxygen atoms in total. The van der Waals surface area contributed by atoms with Gasteiger partial charge in [0, 0.05) is 31.3 Å². The highest BCUT2D eigenvalue weighted by Gasteiger charge is 2.34. The van der Waals surface area contributed by atoms with Crippen LogP contribution < -0.4 is 4.74 Å². The summed E-state index contributed by atoms with van der Waals surface area (Å²) in [5.74, 6) is -1.85. The molecule has 0 aliphatic carbocycles. The smallest absolute Gasteiger partial charge is 0.419 e. The molecule has 0 fully saturated rings. The number of hydrogen-bond acceptors (Lipinski definition) is 4. The average molecular weight is 498 g/mol. The van der Waals surface area contributed by atoms with Crippen LogP contribution in [0.2, 0.25) is 0 Å². The third kappa shape index (κ3) is 5.96. The number of carbonyl (C=O) groups is 2. The van der Waals surface area contributed by atoms with Crippen molar-refractivity contribution < 1.29 is 37.0 Å². The lowest BCUT2D eigenvalue weighted by Gasteiger charge is -2.10. The maximum Gasteiger partial charge on any atom is 0.419 e. The van der Waals surface area contributed by atoms with Gasteiger partial charge in [0.2, 0.25) is 0 Å². The Morgan fingerprint density at radius 3 is 2.28 bits per heavy atom. The molecule has 0 saturated carbocycles. The Labute approximate surface area is 202 Å². The minimum absolute atomic E-state index is 0.0167. The highest BCUT2D eigenvalue weighted by Crippen LogP contribution is 2.32. The number of aromatic carboxylic acids is 1. The molecule has 184 valence electrons. The summed E-state index contributed by atoms with van der Waals surface area (Å²) in [6.07, 6.45) is -2.24. The fourth-order valence-corrected chi connectivity index (χ4v) is 3.52. The monoisotopic (exact) mass is 498 g/mol. The van der Waals surface area contributed by atoms with Crippen LogP contribution in [0.25, 0.3) is 11.4 Å². The van der Waals surface area contributed by atoms with Gasteiger partial charge >= 0.3 is 12.1 Å². The number of nitrogens with zero attached hydrogens (tertiary/aromatic N) is 1. The lowest BCUT2D eigenvalue weighted by atomic mass is 10.0. The molecule has 4 rings (SSSR count). The average Bonchev–Trinajstić information content (AvgIpc) is 3.32. The summed E-state index contributed by atoms with van der Waals surface area (Å²) >= 11 is 0. The van der Waals surface area contributed by atoms with Gasteiger partial charge in [-0.3, -0.25) is 9.78 Å². The molecule has 0 aliphatic heterocycles. The molecule has 4 aromatic rings. The summed E-state index contributed by atoms with van der Waals surface area (Å²) in [7, 11) is 0. The van der Waals surface area contributed by atoms with E-state index in [9.17, 15) is 27.2 Å². The van der Waals surface area contributed by atoms with Crippen LogP contribution in [0.1, 0.15) is 27.0 Å². The Morgan fingerprint density at radius 2 is 1.61 bits per heavy atom. The molecule has 2 heterocycles. The van der Waals surface area contributed by atoms with Gasteiger partial charge in [0.05, 0.1) is 22.5 Å². The zero-order valence-corrected chi connectivity index (χ0v) is 18.5. The van der Waals surface area contributed by atoms with Crippen LogP contribution >= 0.6 is 0 Å². The Kier molecular flexibility index (Phi) is 6.86. The Morgan fingerprint density at radius 1 is 0.917 bits per heavy atom. The number of halogens is 4. The molecule has 0 amide bonds. The molecular formula is C26H18F4N2O4. The highest BCUT2D eigenvalue weighted by molar-refractivity contribution is 5.89. The molecule has 36 heavy (non-hydrogen) atoms. The Bertz CT molecular complexity index is 1410. The third-order valence-corrected chi connectivity index (χ3v) is 5.24. The number of ether oxygens (including phenoxy) is 1. The quantitative estimate of drug-likeness (QED) is 0.287. The second-order valence-corrected chi connectivity index (χ2v) is 7.93. The molecule has 0 radical (unpaired) electrons. The van der Waals surface area contributed by atoms with Crippen LogP contribution in [0, 0.1) is 5.82 Å². The molecule has 2 aromatic carbocycles. The number of carbonyl (C=O) groups excluding carboxylic acids is 1. The van der Waals surface area contributed by atoms with Crippen LogP contribution in [0.3, 0.4) is 0 Å². The summed E-state index contributed by atoms with van der Waals surface area (Å²) in [6, 6.07) is 13.8. The van der Waals surface area contributed by atoms with Gasteiger partial charge in [-0.15, -0.1) is 0 Å². The topological polar surface area (TPSA) is 92.3 Å². The first-order valence-corrected chi connectivity index (χ1v) is 10.6. The van der Waals surface area contributed by atoms with Crippen molar-refractivity contribution in [3.8, 4) is 22.9 Å². The highest BCUT2D eigenvalue weighted by atomic mass is 19.4. The van der Waals surface area contributed by atoms with E-state index >= 15 is 0 Å². The van der Waals surface area contributed by atoms with Crippen LogP contribution in [0.4, 0.5) is 17.6 Å². The first-order chi connectivity index (χ1) is 17.1. The minimum Gasteiger partial charge on any atom is -0.478 e. The molecule has 0 aliphatic rings. The third-order valence-electron chi connectivity index (χ3n) is 5.24. The zero-order chi connectivity index (χ0) is 25.9. The van der Waals surface area contributed by atoms with Gasteiger partial charge in [0.1, 0.15) is 23.1 Å². The maximum atomic E-state index is 13.4. The van der Waals surface area contributed by atoms with E-state index in [0.29, 0.717) is 40.6 Å². The lowest BCUT2D eigenvalue weighted by Crippen LogP contribution is -2.11. The molecule has 2 aromatic heterocycles. The Balaban J connectivity index is 1.39. The van der Waals surface area contributed by atoms with E-state index in [2.05, 4.69) is 9.97 Å². The molecular weight excluding hydrogens is 480 g/mol. The van der Waals surface area contributed by atoms with Gasteiger partial charge in [0.15, 0.2) is 0 Å². The van der Waals surface area contributed by atoms with Gasteiger partial charge in [-0.25, -0.2) is 9.18 Å². The fraction of sp³-hybridized carbons (Fsp3) is 0.115. The summed E-state index contributed by atoms with van der Waals surface area (Å²) < 4.78 is 57.9. The van der Waals surface area contributed by atoms with E-state index in [1.165, 1.54) is 18.5 Å². The number of H-pyrrole nitrogens is 1. The van der Waals surface area contributed by atoms with E-state index in [1.54, 1.807) is 36.4 Å². The summed E-state index contributed by atoms with van der Waals surface area (Å²) in [6.45, 7) is 0. The number of aromatic nitrogens is 2. The summed E-state index contributed by atoms with van der Waals surface area (Å²) in [4.78, 5) is 30.5. The number of alkyl halides is 3. The van der Waals surface area contributed by atoms with Crippen molar-refractivity contribution in [3.63, 3.8) is 0 Å². The second-order valence-electron chi connectivity index (χ2n) is 7.93. The SMILES string of the molecule is O=C(Cc1ccc(Oc2ccnc(-c3cc(C(=O)O)c[nH]3)c2)cc1)Cc1ccc(F)c(C(F)(F)F)c1. The number of benzene rings is 2. The van der Waals surface area contributed by atoms with E-state index in [0.717, 1.165) is 6.07 Å². The number of nitrogens with one attached hydrogen (secondary N) is 1. The van der Waals surface area contributed by atoms with Crippen molar-refractivity contribution in [2.24, 2.45) is 0 Å².